The number of hydrogen-bond donors (Lipinski definition) is 3. The zero-order valence-corrected chi connectivity index (χ0v) is 19.0. The zero-order valence-electron chi connectivity index (χ0n) is 19.0. The largest absolute Gasteiger partial charge is 0.493 e. The number of aromatic amines is 2. The minimum Gasteiger partial charge on any atom is -0.493 e. The molecule has 1 fully saturated rings. The van der Waals surface area contributed by atoms with Gasteiger partial charge in [-0.15, -0.1) is 0 Å². The second kappa shape index (κ2) is 9.26. The Labute approximate surface area is 195 Å². The topological polar surface area (TPSA) is 124 Å². The highest BCUT2D eigenvalue weighted by atomic mass is 16.5. The van der Waals surface area contributed by atoms with Crippen LogP contribution in [-0.2, 0) is 11.3 Å². The van der Waals surface area contributed by atoms with Gasteiger partial charge in [-0.2, -0.15) is 0 Å². The van der Waals surface area contributed by atoms with Gasteiger partial charge in [-0.1, -0.05) is 13.0 Å². The number of carboxylic acid groups (broad SMARTS) is 1. The van der Waals surface area contributed by atoms with E-state index in [0.717, 1.165) is 36.0 Å². The van der Waals surface area contributed by atoms with Crippen LogP contribution in [0.4, 0.5) is 0 Å². The number of carbonyl (C=O) groups is 1. The van der Waals surface area contributed by atoms with Crippen LogP contribution in [-0.4, -0.2) is 55.6 Å². The molecule has 4 aromatic rings. The molecule has 0 amide bonds. The third-order valence-electron chi connectivity index (χ3n) is 6.27. The van der Waals surface area contributed by atoms with E-state index in [-0.39, 0.29) is 11.5 Å². The summed E-state index contributed by atoms with van der Waals surface area (Å²) >= 11 is 0. The lowest BCUT2D eigenvalue weighted by Crippen LogP contribution is -2.38. The van der Waals surface area contributed by atoms with E-state index in [4.69, 9.17) is 9.72 Å². The number of piperidine rings is 1. The van der Waals surface area contributed by atoms with Crippen molar-refractivity contribution in [1.82, 2.24) is 24.8 Å². The molecular weight excluding hydrogens is 434 g/mol. The highest BCUT2D eigenvalue weighted by Gasteiger charge is 2.25. The fourth-order valence-electron chi connectivity index (χ4n) is 4.55. The molecule has 0 aliphatic carbocycles. The van der Waals surface area contributed by atoms with E-state index in [9.17, 15) is 14.7 Å². The Balaban J connectivity index is 1.53. The van der Waals surface area contributed by atoms with Crippen molar-refractivity contribution in [2.75, 3.05) is 19.7 Å². The number of likely N-dealkylation sites (tertiary alicyclic amines) is 1. The van der Waals surface area contributed by atoms with Crippen LogP contribution < -0.4 is 10.3 Å². The second-order valence-electron chi connectivity index (χ2n) is 8.80. The smallest absolute Gasteiger partial charge is 0.307 e. The zero-order chi connectivity index (χ0) is 23.7. The van der Waals surface area contributed by atoms with Gasteiger partial charge < -0.3 is 19.8 Å². The number of H-pyrrole nitrogens is 2. The molecule has 0 spiro atoms. The summed E-state index contributed by atoms with van der Waals surface area (Å²) in [6.07, 6.45) is 4.02. The number of benzene rings is 2. The first kappa shape index (κ1) is 22.1. The molecule has 1 atom stereocenters. The number of ether oxygens (including phenoxy) is 1. The molecule has 176 valence electrons. The van der Waals surface area contributed by atoms with Crippen LogP contribution in [0.3, 0.4) is 0 Å². The van der Waals surface area contributed by atoms with Crippen LogP contribution in [0.2, 0.25) is 0 Å². The first-order chi connectivity index (χ1) is 16.5. The van der Waals surface area contributed by atoms with E-state index < -0.39 is 5.97 Å². The molecule has 34 heavy (non-hydrogen) atoms. The first-order valence-corrected chi connectivity index (χ1v) is 11.6. The van der Waals surface area contributed by atoms with Gasteiger partial charge >= 0.3 is 5.97 Å². The van der Waals surface area contributed by atoms with Crippen molar-refractivity contribution in [3.05, 3.63) is 52.6 Å². The Bertz CT molecular complexity index is 1410. The first-order valence-electron chi connectivity index (χ1n) is 11.6. The molecule has 2 aromatic carbocycles. The molecule has 2 aromatic heterocycles. The van der Waals surface area contributed by atoms with Crippen molar-refractivity contribution in [3.63, 3.8) is 0 Å². The molecule has 0 radical (unpaired) electrons. The summed E-state index contributed by atoms with van der Waals surface area (Å²) in [6, 6.07) is 9.43. The number of rotatable bonds is 7. The Morgan fingerprint density at radius 2 is 2.15 bits per heavy atom. The normalized spacial score (nSPS) is 16.8. The van der Waals surface area contributed by atoms with E-state index in [0.29, 0.717) is 54.2 Å². The monoisotopic (exact) mass is 461 g/mol. The molecule has 3 N–H and O–H groups in total. The molecular formula is C25H27N5O4. The van der Waals surface area contributed by atoms with E-state index in [1.54, 1.807) is 18.5 Å². The number of hydrogen-bond acceptors (Lipinski definition) is 6. The van der Waals surface area contributed by atoms with Gasteiger partial charge in [-0.05, 0) is 55.6 Å². The summed E-state index contributed by atoms with van der Waals surface area (Å²) in [7, 11) is 0. The van der Waals surface area contributed by atoms with Gasteiger partial charge in [-0.3, -0.25) is 14.5 Å². The predicted octanol–water partition coefficient (Wildman–Crippen LogP) is 3.55. The van der Waals surface area contributed by atoms with Crippen molar-refractivity contribution in [2.45, 2.75) is 32.7 Å². The molecule has 1 aliphatic rings. The van der Waals surface area contributed by atoms with Crippen LogP contribution in [0.15, 0.2) is 41.5 Å². The quantitative estimate of drug-likeness (QED) is 0.384. The average molecular weight is 462 g/mol. The maximum atomic E-state index is 12.9. The number of aliphatic carboxylic acids is 1. The third-order valence-corrected chi connectivity index (χ3v) is 6.27. The molecule has 1 aliphatic heterocycles. The van der Waals surface area contributed by atoms with Gasteiger partial charge in [0.2, 0.25) is 0 Å². The highest BCUT2D eigenvalue weighted by Crippen LogP contribution is 2.31. The highest BCUT2D eigenvalue weighted by molar-refractivity contribution is 5.93. The van der Waals surface area contributed by atoms with E-state index in [1.165, 1.54) is 0 Å². The fraction of sp³-hybridized carbons (Fsp3) is 0.360. The molecule has 1 saturated heterocycles. The van der Waals surface area contributed by atoms with E-state index in [1.807, 2.05) is 25.1 Å². The van der Waals surface area contributed by atoms with Gasteiger partial charge in [-0.25, -0.2) is 9.97 Å². The third kappa shape index (κ3) is 4.38. The number of fused-ring (bicyclic) bond motifs is 2. The van der Waals surface area contributed by atoms with Crippen LogP contribution in [0.5, 0.6) is 5.75 Å². The average Bonchev–Trinajstić information content (AvgIpc) is 3.29. The number of imidazole rings is 1. The van der Waals surface area contributed by atoms with E-state index >= 15 is 0 Å². The molecule has 9 heteroatoms. The van der Waals surface area contributed by atoms with Gasteiger partial charge in [0.1, 0.15) is 11.6 Å². The second-order valence-corrected chi connectivity index (χ2v) is 8.80. The van der Waals surface area contributed by atoms with Crippen LogP contribution in [0, 0.1) is 5.92 Å². The number of aromatic nitrogens is 4. The van der Waals surface area contributed by atoms with Crippen molar-refractivity contribution in [2.24, 2.45) is 5.92 Å². The minimum atomic E-state index is -0.738. The van der Waals surface area contributed by atoms with Gasteiger partial charge in [0.15, 0.2) is 0 Å². The summed E-state index contributed by atoms with van der Waals surface area (Å²) < 4.78 is 5.97. The van der Waals surface area contributed by atoms with Crippen molar-refractivity contribution < 1.29 is 14.6 Å². The van der Waals surface area contributed by atoms with Crippen LogP contribution in [0.1, 0.15) is 31.7 Å². The SMILES string of the molecule is CCCOc1ccc(CN2CCCC(C(=O)O)C2)cc1-c1nc2cc3nc[nH]c3cc2c(=O)[nH]1. The van der Waals surface area contributed by atoms with E-state index in [2.05, 4.69) is 19.9 Å². The Morgan fingerprint density at radius 3 is 2.97 bits per heavy atom. The number of carboxylic acids is 1. The van der Waals surface area contributed by atoms with Crippen LogP contribution in [0.25, 0.3) is 33.3 Å². The maximum absolute atomic E-state index is 12.9. The number of nitrogens with zero attached hydrogens (tertiary/aromatic N) is 3. The fourth-order valence-corrected chi connectivity index (χ4v) is 4.55. The molecule has 0 saturated carbocycles. The van der Waals surface area contributed by atoms with Crippen molar-refractivity contribution in [1.29, 1.82) is 0 Å². The lowest BCUT2D eigenvalue weighted by molar-refractivity contribution is -0.143. The number of nitrogens with one attached hydrogen (secondary N) is 2. The minimum absolute atomic E-state index is 0.233. The molecule has 0 bridgehead atoms. The summed E-state index contributed by atoms with van der Waals surface area (Å²) in [5.41, 5.74) is 3.57. The standard InChI is InChI=1S/C25H27N5O4/c1-2-8-34-22-6-5-15(12-30-7-3-4-16(13-30)25(32)33)9-18(22)23-28-19-11-21-20(26-14-27-21)10-17(19)24(31)29-23/h5-6,9-11,14,16H,2-4,7-8,12-13H2,1H3,(H,26,27)(H,32,33)(H,28,29,31). The van der Waals surface area contributed by atoms with Crippen molar-refractivity contribution >= 4 is 27.9 Å². The molecule has 5 rings (SSSR count). The molecule has 9 nitrogen and oxygen atoms in total. The Kier molecular flexibility index (Phi) is 6.02. The Morgan fingerprint density at radius 1 is 1.26 bits per heavy atom. The van der Waals surface area contributed by atoms with Gasteiger partial charge in [0.05, 0.1) is 46.4 Å². The summed E-state index contributed by atoms with van der Waals surface area (Å²) in [5.74, 6) is 0.00817. The Hall–Kier alpha value is -3.72. The summed E-state index contributed by atoms with van der Waals surface area (Å²) in [4.78, 5) is 41.5. The molecule has 1 unspecified atom stereocenters. The summed E-state index contributed by atoms with van der Waals surface area (Å²) in [5, 5.41) is 9.89. The lowest BCUT2D eigenvalue weighted by atomic mass is 9.97. The lowest BCUT2D eigenvalue weighted by Gasteiger charge is -2.30. The van der Waals surface area contributed by atoms with Gasteiger partial charge in [0, 0.05) is 13.1 Å². The van der Waals surface area contributed by atoms with Crippen molar-refractivity contribution in [3.8, 4) is 17.1 Å². The maximum Gasteiger partial charge on any atom is 0.307 e. The summed E-state index contributed by atoms with van der Waals surface area (Å²) in [6.45, 7) is 4.59. The van der Waals surface area contributed by atoms with Gasteiger partial charge in [0.25, 0.3) is 5.56 Å². The molecule has 3 heterocycles. The van der Waals surface area contributed by atoms with Crippen LogP contribution >= 0.6 is 0 Å². The predicted molar refractivity (Wildman–Crippen MR) is 129 cm³/mol.